The SMILES string of the molecule is COC(=O)c1cc(Br)c(C)c(C)c1C. The highest BCUT2D eigenvalue weighted by atomic mass is 79.9. The van der Waals surface area contributed by atoms with Gasteiger partial charge in [0.15, 0.2) is 0 Å². The van der Waals surface area contributed by atoms with Crippen molar-refractivity contribution in [3.63, 3.8) is 0 Å². The van der Waals surface area contributed by atoms with Gasteiger partial charge in [-0.05, 0) is 43.5 Å². The number of halogens is 1. The minimum atomic E-state index is -0.286. The Balaban J connectivity index is 3.40. The van der Waals surface area contributed by atoms with Gasteiger partial charge < -0.3 is 4.74 Å². The van der Waals surface area contributed by atoms with Crippen molar-refractivity contribution in [2.75, 3.05) is 7.11 Å². The van der Waals surface area contributed by atoms with E-state index < -0.39 is 0 Å². The zero-order valence-corrected chi connectivity index (χ0v) is 10.4. The molecule has 0 amide bonds. The molecule has 1 aromatic rings. The first-order chi connectivity index (χ1) is 6.49. The van der Waals surface area contributed by atoms with Gasteiger partial charge >= 0.3 is 5.97 Å². The monoisotopic (exact) mass is 256 g/mol. The second-order valence-corrected chi connectivity index (χ2v) is 4.13. The van der Waals surface area contributed by atoms with E-state index in [0.29, 0.717) is 5.56 Å². The van der Waals surface area contributed by atoms with Crippen LogP contribution in [0.25, 0.3) is 0 Å². The molecular weight excluding hydrogens is 244 g/mol. The Morgan fingerprint density at radius 3 is 2.29 bits per heavy atom. The maximum Gasteiger partial charge on any atom is 0.338 e. The molecule has 0 aliphatic carbocycles. The molecule has 2 nitrogen and oxygen atoms in total. The average molecular weight is 257 g/mol. The normalized spacial score (nSPS) is 10.1. The van der Waals surface area contributed by atoms with Crippen molar-refractivity contribution in [3.8, 4) is 0 Å². The number of ether oxygens (including phenoxy) is 1. The van der Waals surface area contributed by atoms with Gasteiger partial charge in [0.2, 0.25) is 0 Å². The third-order valence-corrected chi connectivity index (χ3v) is 3.39. The van der Waals surface area contributed by atoms with Crippen LogP contribution in [0, 0.1) is 20.8 Å². The Morgan fingerprint density at radius 1 is 1.21 bits per heavy atom. The van der Waals surface area contributed by atoms with E-state index in [1.54, 1.807) is 0 Å². The van der Waals surface area contributed by atoms with Crippen LogP contribution in [0.4, 0.5) is 0 Å². The molecule has 0 saturated heterocycles. The first kappa shape index (κ1) is 11.2. The van der Waals surface area contributed by atoms with E-state index in [2.05, 4.69) is 15.9 Å². The van der Waals surface area contributed by atoms with Crippen molar-refractivity contribution < 1.29 is 9.53 Å². The maximum atomic E-state index is 11.4. The van der Waals surface area contributed by atoms with Gasteiger partial charge in [-0.3, -0.25) is 0 Å². The fourth-order valence-corrected chi connectivity index (χ4v) is 1.85. The Morgan fingerprint density at radius 2 is 1.79 bits per heavy atom. The lowest BCUT2D eigenvalue weighted by molar-refractivity contribution is 0.0599. The minimum Gasteiger partial charge on any atom is -0.465 e. The summed E-state index contributed by atoms with van der Waals surface area (Å²) in [6.07, 6.45) is 0. The van der Waals surface area contributed by atoms with E-state index in [1.807, 2.05) is 26.8 Å². The molecule has 0 fully saturated rings. The summed E-state index contributed by atoms with van der Waals surface area (Å²) in [6, 6.07) is 1.81. The van der Waals surface area contributed by atoms with Crippen molar-refractivity contribution in [1.82, 2.24) is 0 Å². The summed E-state index contributed by atoms with van der Waals surface area (Å²) in [4.78, 5) is 11.4. The number of hydrogen-bond donors (Lipinski definition) is 0. The van der Waals surface area contributed by atoms with Crippen LogP contribution in [-0.2, 0) is 4.74 Å². The summed E-state index contributed by atoms with van der Waals surface area (Å²) in [5.41, 5.74) is 3.90. The second kappa shape index (κ2) is 4.13. The average Bonchev–Trinajstić information content (AvgIpc) is 2.19. The Bertz CT molecular complexity index is 383. The summed E-state index contributed by atoms with van der Waals surface area (Å²) >= 11 is 3.42. The van der Waals surface area contributed by atoms with Gasteiger partial charge in [0.05, 0.1) is 12.7 Å². The van der Waals surface area contributed by atoms with Gasteiger partial charge in [-0.1, -0.05) is 15.9 Å². The zero-order valence-electron chi connectivity index (χ0n) is 8.77. The van der Waals surface area contributed by atoms with Crippen LogP contribution in [0.1, 0.15) is 27.0 Å². The fourth-order valence-electron chi connectivity index (χ4n) is 1.33. The van der Waals surface area contributed by atoms with Crippen LogP contribution in [0.2, 0.25) is 0 Å². The van der Waals surface area contributed by atoms with Crippen molar-refractivity contribution in [2.45, 2.75) is 20.8 Å². The van der Waals surface area contributed by atoms with E-state index in [-0.39, 0.29) is 5.97 Å². The van der Waals surface area contributed by atoms with Gasteiger partial charge in [-0.25, -0.2) is 4.79 Å². The topological polar surface area (TPSA) is 26.3 Å². The standard InChI is InChI=1S/C11H13BrO2/c1-6-7(2)9(11(13)14-4)5-10(12)8(6)3/h5H,1-4H3. The number of esters is 1. The highest BCUT2D eigenvalue weighted by molar-refractivity contribution is 9.10. The lowest BCUT2D eigenvalue weighted by Crippen LogP contribution is -2.06. The third kappa shape index (κ3) is 1.82. The van der Waals surface area contributed by atoms with Gasteiger partial charge in [-0.15, -0.1) is 0 Å². The van der Waals surface area contributed by atoms with Crippen molar-refractivity contribution >= 4 is 21.9 Å². The first-order valence-electron chi connectivity index (χ1n) is 4.33. The minimum absolute atomic E-state index is 0.286. The summed E-state index contributed by atoms with van der Waals surface area (Å²) < 4.78 is 5.65. The van der Waals surface area contributed by atoms with Gasteiger partial charge in [0, 0.05) is 4.47 Å². The third-order valence-electron chi connectivity index (χ3n) is 2.56. The first-order valence-corrected chi connectivity index (χ1v) is 5.13. The lowest BCUT2D eigenvalue weighted by Gasteiger charge is -2.11. The molecule has 0 unspecified atom stereocenters. The Kier molecular flexibility index (Phi) is 3.32. The van der Waals surface area contributed by atoms with E-state index in [0.717, 1.165) is 21.2 Å². The highest BCUT2D eigenvalue weighted by Gasteiger charge is 2.14. The molecule has 0 aliphatic heterocycles. The van der Waals surface area contributed by atoms with Gasteiger partial charge in [0.1, 0.15) is 0 Å². The predicted molar refractivity (Wildman–Crippen MR) is 59.7 cm³/mol. The number of rotatable bonds is 1. The molecule has 0 heterocycles. The molecule has 1 rings (SSSR count). The van der Waals surface area contributed by atoms with E-state index in [4.69, 9.17) is 4.74 Å². The van der Waals surface area contributed by atoms with Crippen LogP contribution in [-0.4, -0.2) is 13.1 Å². The molecule has 14 heavy (non-hydrogen) atoms. The highest BCUT2D eigenvalue weighted by Crippen LogP contribution is 2.26. The number of carbonyl (C=O) groups is 1. The molecule has 0 aliphatic rings. The molecule has 1 aromatic carbocycles. The van der Waals surface area contributed by atoms with Crippen molar-refractivity contribution in [3.05, 3.63) is 32.8 Å². The van der Waals surface area contributed by atoms with Crippen LogP contribution in [0.5, 0.6) is 0 Å². The van der Waals surface area contributed by atoms with Crippen LogP contribution in [0.3, 0.4) is 0 Å². The molecule has 0 aromatic heterocycles. The summed E-state index contributed by atoms with van der Waals surface area (Å²) in [5, 5.41) is 0. The zero-order chi connectivity index (χ0) is 10.9. The van der Waals surface area contributed by atoms with E-state index >= 15 is 0 Å². The summed E-state index contributed by atoms with van der Waals surface area (Å²) in [6.45, 7) is 5.95. The molecular formula is C11H13BrO2. The van der Waals surface area contributed by atoms with E-state index in [1.165, 1.54) is 7.11 Å². The number of benzene rings is 1. The summed E-state index contributed by atoms with van der Waals surface area (Å²) in [5.74, 6) is -0.286. The number of carbonyl (C=O) groups excluding carboxylic acids is 1. The fraction of sp³-hybridized carbons (Fsp3) is 0.364. The summed E-state index contributed by atoms with van der Waals surface area (Å²) in [7, 11) is 1.39. The molecule has 0 bridgehead atoms. The molecule has 0 radical (unpaired) electrons. The predicted octanol–water partition coefficient (Wildman–Crippen LogP) is 3.16. The van der Waals surface area contributed by atoms with Gasteiger partial charge in [0.25, 0.3) is 0 Å². The molecule has 0 atom stereocenters. The molecule has 0 N–H and O–H groups in total. The lowest BCUT2D eigenvalue weighted by atomic mass is 9.99. The van der Waals surface area contributed by atoms with Crippen molar-refractivity contribution in [2.24, 2.45) is 0 Å². The van der Waals surface area contributed by atoms with Crippen molar-refractivity contribution in [1.29, 1.82) is 0 Å². The van der Waals surface area contributed by atoms with Crippen LogP contribution in [0.15, 0.2) is 10.5 Å². The maximum absolute atomic E-state index is 11.4. The molecule has 76 valence electrons. The van der Waals surface area contributed by atoms with Crippen LogP contribution >= 0.6 is 15.9 Å². The number of hydrogen-bond acceptors (Lipinski definition) is 2. The Hall–Kier alpha value is -0.830. The smallest absolute Gasteiger partial charge is 0.338 e. The number of methoxy groups -OCH3 is 1. The largest absolute Gasteiger partial charge is 0.465 e. The van der Waals surface area contributed by atoms with Gasteiger partial charge in [-0.2, -0.15) is 0 Å². The Labute approximate surface area is 92.4 Å². The second-order valence-electron chi connectivity index (χ2n) is 3.27. The quantitative estimate of drug-likeness (QED) is 0.722. The molecule has 0 spiro atoms. The molecule has 0 saturated carbocycles. The molecule has 3 heteroatoms. The van der Waals surface area contributed by atoms with E-state index in [9.17, 15) is 4.79 Å². The van der Waals surface area contributed by atoms with Crippen LogP contribution < -0.4 is 0 Å².